The van der Waals surface area contributed by atoms with E-state index in [0.29, 0.717) is 11.0 Å². The van der Waals surface area contributed by atoms with Gasteiger partial charge in [0.2, 0.25) is 0 Å². The largest absolute Gasteiger partial charge is 0.422 e. The van der Waals surface area contributed by atoms with E-state index < -0.39 is 0 Å². The molecule has 0 aliphatic heterocycles. The first-order valence-corrected chi connectivity index (χ1v) is 8.29. The molecule has 0 radical (unpaired) electrons. The van der Waals surface area contributed by atoms with Gasteiger partial charge in [-0.25, -0.2) is 4.79 Å². The minimum Gasteiger partial charge on any atom is -0.422 e. The molecule has 0 saturated heterocycles. The smallest absolute Gasteiger partial charge is 0.344 e. The Morgan fingerprint density at radius 1 is 1.09 bits per heavy atom. The van der Waals surface area contributed by atoms with E-state index in [1.54, 1.807) is 0 Å². The second-order valence-electron chi connectivity index (χ2n) is 7.03. The monoisotopic (exact) mass is 324 g/mol. The molecule has 1 aromatic heterocycles. The normalized spacial score (nSPS) is 13.0. The summed E-state index contributed by atoms with van der Waals surface area (Å²) in [6.45, 7) is 8.48. The maximum Gasteiger partial charge on any atom is 0.344 e. The zero-order valence-corrected chi connectivity index (χ0v) is 15.1. The Kier molecular flexibility index (Phi) is 3.90. The number of hydrogen-bond acceptors (Lipinski definition) is 2. The molecule has 0 bridgehead atoms. The Labute approximate surface area is 138 Å². The molecule has 3 rings (SSSR count). The molecule has 1 atom stereocenters. The fourth-order valence-corrected chi connectivity index (χ4v) is 3.86. The molecule has 0 spiro atoms. The average Bonchev–Trinajstić information content (AvgIpc) is 2.45. The van der Waals surface area contributed by atoms with Crippen LogP contribution >= 0.6 is 9.24 Å². The molecule has 0 aliphatic rings. The van der Waals surface area contributed by atoms with Crippen LogP contribution in [0.5, 0.6) is 0 Å². The van der Waals surface area contributed by atoms with Crippen LogP contribution in [0.3, 0.4) is 0 Å². The molecule has 0 amide bonds. The van der Waals surface area contributed by atoms with Crippen molar-refractivity contribution in [1.82, 2.24) is 0 Å². The van der Waals surface area contributed by atoms with E-state index in [-0.39, 0.29) is 11.0 Å². The molecule has 0 N–H and O–H groups in total. The highest BCUT2D eigenvalue weighted by atomic mass is 31.0. The van der Waals surface area contributed by atoms with Crippen LogP contribution in [0, 0.1) is 12.3 Å². The van der Waals surface area contributed by atoms with Crippen LogP contribution in [0.15, 0.2) is 51.7 Å². The van der Waals surface area contributed by atoms with E-state index in [1.165, 1.54) is 0 Å². The van der Waals surface area contributed by atoms with Crippen LogP contribution in [-0.4, -0.2) is 0 Å². The maximum atomic E-state index is 12.6. The van der Waals surface area contributed by atoms with Gasteiger partial charge < -0.3 is 4.42 Å². The van der Waals surface area contributed by atoms with Crippen molar-refractivity contribution in [2.45, 2.75) is 27.7 Å². The second-order valence-corrected chi connectivity index (χ2v) is 7.65. The molecule has 118 valence electrons. The molecule has 1 heterocycles. The fraction of sp³-hybridized carbons (Fsp3) is 0.250. The van der Waals surface area contributed by atoms with Crippen LogP contribution in [0.1, 0.15) is 31.9 Å². The lowest BCUT2D eigenvalue weighted by molar-refractivity contribution is 0.546. The highest BCUT2D eigenvalue weighted by Gasteiger charge is 2.16. The Bertz CT molecular complexity index is 988. The fourth-order valence-electron chi connectivity index (χ4n) is 2.98. The maximum absolute atomic E-state index is 12.6. The first kappa shape index (κ1) is 16.0. The molecule has 0 saturated carbocycles. The van der Waals surface area contributed by atoms with Crippen LogP contribution < -0.4 is 5.63 Å². The number of benzene rings is 2. The molecule has 1 unspecified atom stereocenters. The Hall–Kier alpha value is -1.92. The third kappa shape index (κ3) is 2.96. The summed E-state index contributed by atoms with van der Waals surface area (Å²) in [6, 6.07) is 11.8. The van der Waals surface area contributed by atoms with Gasteiger partial charge in [0.15, 0.2) is 0 Å². The second kappa shape index (κ2) is 5.62. The van der Waals surface area contributed by atoms with E-state index in [0.717, 1.165) is 27.2 Å². The molecular formula is C20H21O2P. The summed E-state index contributed by atoms with van der Waals surface area (Å²) >= 11 is 0. The minimum atomic E-state index is -0.278. The summed E-state index contributed by atoms with van der Waals surface area (Å²) in [4.78, 5) is 12.6. The molecule has 0 aliphatic carbocycles. The zero-order chi connectivity index (χ0) is 16.8. The van der Waals surface area contributed by atoms with Crippen molar-refractivity contribution in [3.63, 3.8) is 0 Å². The number of allylic oxidation sites excluding steroid dienone is 1. The number of hydrogen-bond donors (Lipinski definition) is 0. The van der Waals surface area contributed by atoms with Gasteiger partial charge in [-0.3, -0.25) is 0 Å². The van der Waals surface area contributed by atoms with E-state index in [2.05, 4.69) is 42.2 Å². The SMILES string of the molecule is Cc1ccc2c(c1/C(P)=C\C(C)(C)C)c(=O)oc1ccccc12. The summed E-state index contributed by atoms with van der Waals surface area (Å²) in [6.07, 6.45) is 2.17. The van der Waals surface area contributed by atoms with Gasteiger partial charge in [-0.2, -0.15) is 0 Å². The van der Waals surface area contributed by atoms with Gasteiger partial charge in [0.25, 0.3) is 0 Å². The predicted octanol–water partition coefficient (Wildman–Crippen LogP) is 5.52. The average molecular weight is 324 g/mol. The molecule has 2 nitrogen and oxygen atoms in total. The van der Waals surface area contributed by atoms with Crippen molar-refractivity contribution in [1.29, 1.82) is 0 Å². The third-order valence-electron chi connectivity index (χ3n) is 3.87. The number of rotatable bonds is 1. The zero-order valence-electron chi connectivity index (χ0n) is 13.9. The van der Waals surface area contributed by atoms with Gasteiger partial charge in [-0.1, -0.05) is 57.2 Å². The predicted molar refractivity (Wildman–Crippen MR) is 102 cm³/mol. The lowest BCUT2D eigenvalue weighted by Gasteiger charge is -2.17. The van der Waals surface area contributed by atoms with Gasteiger partial charge >= 0.3 is 5.63 Å². The lowest BCUT2D eigenvalue weighted by Crippen LogP contribution is -2.05. The highest BCUT2D eigenvalue weighted by molar-refractivity contribution is 7.31. The number of para-hydroxylation sites is 1. The topological polar surface area (TPSA) is 30.2 Å². The van der Waals surface area contributed by atoms with Gasteiger partial charge in [0.05, 0.1) is 5.39 Å². The Morgan fingerprint density at radius 2 is 1.78 bits per heavy atom. The van der Waals surface area contributed by atoms with Crippen LogP contribution in [0.2, 0.25) is 0 Å². The van der Waals surface area contributed by atoms with E-state index >= 15 is 0 Å². The van der Waals surface area contributed by atoms with E-state index in [4.69, 9.17) is 4.42 Å². The molecule has 23 heavy (non-hydrogen) atoms. The van der Waals surface area contributed by atoms with Crippen molar-refractivity contribution in [2.24, 2.45) is 5.41 Å². The summed E-state index contributed by atoms with van der Waals surface area (Å²) in [7, 11) is 2.78. The van der Waals surface area contributed by atoms with Crippen LogP contribution in [0.4, 0.5) is 0 Å². The Balaban J connectivity index is 2.48. The summed E-state index contributed by atoms with van der Waals surface area (Å²) in [5, 5.41) is 3.61. The summed E-state index contributed by atoms with van der Waals surface area (Å²) in [5.74, 6) is 0. The van der Waals surface area contributed by atoms with Crippen LogP contribution in [0.25, 0.3) is 27.1 Å². The van der Waals surface area contributed by atoms with Crippen molar-refractivity contribution >= 4 is 36.3 Å². The molecular weight excluding hydrogens is 303 g/mol. The standard InChI is InChI=1S/C20H21O2P/c1-12-9-10-14-13-7-5-6-8-15(13)22-19(21)18(14)17(12)16(23)11-20(2,3)4/h5-11H,23H2,1-4H3/b16-11+. The molecule has 2 aromatic carbocycles. The molecule has 3 aromatic rings. The van der Waals surface area contributed by atoms with Crippen molar-refractivity contribution in [2.75, 3.05) is 0 Å². The van der Waals surface area contributed by atoms with E-state index in [1.807, 2.05) is 37.3 Å². The quantitative estimate of drug-likeness (QED) is 0.335. The number of fused-ring (bicyclic) bond motifs is 3. The molecule has 0 fully saturated rings. The van der Waals surface area contributed by atoms with Crippen molar-refractivity contribution in [3.05, 3.63) is 64.0 Å². The van der Waals surface area contributed by atoms with Crippen molar-refractivity contribution < 1.29 is 4.42 Å². The van der Waals surface area contributed by atoms with Crippen molar-refractivity contribution in [3.8, 4) is 0 Å². The minimum absolute atomic E-state index is 0.0305. The Morgan fingerprint density at radius 3 is 2.48 bits per heavy atom. The van der Waals surface area contributed by atoms with E-state index in [9.17, 15) is 4.79 Å². The summed E-state index contributed by atoms with van der Waals surface area (Å²) in [5.41, 5.74) is 2.42. The summed E-state index contributed by atoms with van der Waals surface area (Å²) < 4.78 is 5.56. The third-order valence-corrected chi connectivity index (χ3v) is 4.33. The van der Waals surface area contributed by atoms with Gasteiger partial charge in [-0.15, -0.1) is 9.24 Å². The first-order chi connectivity index (χ1) is 10.8. The highest BCUT2D eigenvalue weighted by Crippen LogP contribution is 2.35. The van der Waals surface area contributed by atoms with Gasteiger partial charge in [0, 0.05) is 10.8 Å². The van der Waals surface area contributed by atoms with Gasteiger partial charge in [0.1, 0.15) is 5.58 Å². The lowest BCUT2D eigenvalue weighted by atomic mass is 9.92. The first-order valence-electron chi connectivity index (χ1n) is 7.72. The molecule has 3 heteroatoms. The van der Waals surface area contributed by atoms with Crippen LogP contribution in [-0.2, 0) is 0 Å². The number of aryl methyl sites for hydroxylation is 1. The van der Waals surface area contributed by atoms with Gasteiger partial charge in [-0.05, 0) is 34.8 Å².